The van der Waals surface area contributed by atoms with E-state index in [1.165, 1.54) is 0 Å². The number of aryl methyl sites for hydroxylation is 1. The van der Waals surface area contributed by atoms with Crippen LogP contribution in [0.25, 0.3) is 0 Å². The molecule has 7 nitrogen and oxygen atoms in total. The number of ether oxygens (including phenoxy) is 1. The van der Waals surface area contributed by atoms with Gasteiger partial charge in [-0.3, -0.25) is 0 Å². The van der Waals surface area contributed by atoms with Crippen molar-refractivity contribution in [3.05, 3.63) is 16.1 Å². The highest BCUT2D eigenvalue weighted by molar-refractivity contribution is 7.09. The predicted molar refractivity (Wildman–Crippen MR) is 91.2 cm³/mol. The Bertz CT molecular complexity index is 610. The molecule has 0 bridgehead atoms. The number of urea groups is 1. The molecule has 0 unspecified atom stereocenters. The standard InChI is InChI=1S/C16H24N4O3S/c1-3-13-18-12(10-24-13)4-7-17-14(21)20-8-5-16(6-9-20)11-19(2)15(22)23-16/h10H,3-9,11H2,1-2H3,(H,17,21). The van der Waals surface area contributed by atoms with Crippen LogP contribution in [0, 0.1) is 0 Å². The van der Waals surface area contributed by atoms with E-state index in [9.17, 15) is 9.59 Å². The summed E-state index contributed by atoms with van der Waals surface area (Å²) in [6, 6.07) is -0.0477. The van der Waals surface area contributed by atoms with E-state index in [2.05, 4.69) is 22.6 Å². The monoisotopic (exact) mass is 352 g/mol. The Hall–Kier alpha value is -1.83. The Kier molecular flexibility index (Phi) is 4.93. The first-order chi connectivity index (χ1) is 11.5. The largest absolute Gasteiger partial charge is 0.441 e. The number of carbonyl (C=O) groups excluding carboxylic acids is 2. The fourth-order valence-corrected chi connectivity index (χ4v) is 3.98. The lowest BCUT2D eigenvalue weighted by molar-refractivity contribution is 0.00970. The van der Waals surface area contributed by atoms with Gasteiger partial charge in [0.2, 0.25) is 0 Å². The SMILES string of the molecule is CCc1nc(CCNC(=O)N2CCC3(CC2)CN(C)C(=O)O3)cs1. The second kappa shape index (κ2) is 6.96. The van der Waals surface area contributed by atoms with E-state index < -0.39 is 5.60 Å². The molecule has 1 aromatic rings. The lowest BCUT2D eigenvalue weighted by Crippen LogP contribution is -2.51. The van der Waals surface area contributed by atoms with Crippen molar-refractivity contribution in [2.24, 2.45) is 0 Å². The van der Waals surface area contributed by atoms with Gasteiger partial charge in [0.1, 0.15) is 5.60 Å². The summed E-state index contributed by atoms with van der Waals surface area (Å²) < 4.78 is 5.50. The van der Waals surface area contributed by atoms with Crippen LogP contribution >= 0.6 is 11.3 Å². The molecule has 0 aromatic carbocycles. The topological polar surface area (TPSA) is 74.8 Å². The van der Waals surface area contributed by atoms with Crippen LogP contribution in [0.2, 0.25) is 0 Å². The number of amides is 3. The van der Waals surface area contributed by atoms with Gasteiger partial charge < -0.3 is 19.9 Å². The first-order valence-corrected chi connectivity index (χ1v) is 9.29. The molecule has 1 N–H and O–H groups in total. The molecule has 2 aliphatic rings. The van der Waals surface area contributed by atoms with Crippen LogP contribution in [-0.4, -0.2) is 65.7 Å². The smallest absolute Gasteiger partial charge is 0.410 e. The van der Waals surface area contributed by atoms with Crippen LogP contribution in [0.15, 0.2) is 5.38 Å². The van der Waals surface area contributed by atoms with Gasteiger partial charge in [0, 0.05) is 51.3 Å². The van der Waals surface area contributed by atoms with Crippen LogP contribution in [0.3, 0.4) is 0 Å². The van der Waals surface area contributed by atoms with E-state index in [4.69, 9.17) is 4.74 Å². The van der Waals surface area contributed by atoms with Crippen molar-refractivity contribution in [2.75, 3.05) is 33.2 Å². The third kappa shape index (κ3) is 3.63. The second-order valence-electron chi connectivity index (χ2n) is 6.46. The molecule has 2 saturated heterocycles. The van der Waals surface area contributed by atoms with Gasteiger partial charge in [-0.25, -0.2) is 14.6 Å². The number of piperidine rings is 1. The zero-order valence-electron chi connectivity index (χ0n) is 14.2. The molecule has 2 fully saturated rings. The molecule has 3 rings (SSSR count). The van der Waals surface area contributed by atoms with E-state index in [1.807, 2.05) is 0 Å². The van der Waals surface area contributed by atoms with Gasteiger partial charge in [0.25, 0.3) is 0 Å². The highest BCUT2D eigenvalue weighted by atomic mass is 32.1. The minimum absolute atomic E-state index is 0.0477. The number of hydrogen-bond donors (Lipinski definition) is 1. The Morgan fingerprint density at radius 1 is 1.46 bits per heavy atom. The lowest BCUT2D eigenvalue weighted by atomic mass is 9.91. The van der Waals surface area contributed by atoms with E-state index in [1.54, 1.807) is 28.2 Å². The summed E-state index contributed by atoms with van der Waals surface area (Å²) in [4.78, 5) is 31.7. The number of thiazole rings is 1. The van der Waals surface area contributed by atoms with Crippen molar-refractivity contribution >= 4 is 23.5 Å². The molecule has 3 amide bonds. The van der Waals surface area contributed by atoms with E-state index in [-0.39, 0.29) is 12.1 Å². The Labute approximate surface area is 146 Å². The maximum atomic E-state index is 12.3. The Balaban J connectivity index is 1.41. The molecule has 0 atom stereocenters. The first-order valence-electron chi connectivity index (χ1n) is 8.41. The molecule has 1 aromatic heterocycles. The van der Waals surface area contributed by atoms with Crippen LogP contribution in [0.4, 0.5) is 9.59 Å². The molecule has 0 aliphatic carbocycles. The summed E-state index contributed by atoms with van der Waals surface area (Å²) in [6.07, 6.45) is 2.84. The molecular weight excluding hydrogens is 328 g/mol. The maximum absolute atomic E-state index is 12.3. The average Bonchev–Trinajstić information content (AvgIpc) is 3.13. The fraction of sp³-hybridized carbons (Fsp3) is 0.688. The van der Waals surface area contributed by atoms with Gasteiger partial charge in [-0.15, -0.1) is 11.3 Å². The van der Waals surface area contributed by atoms with Crippen LogP contribution < -0.4 is 5.32 Å². The predicted octanol–water partition coefficient (Wildman–Crippen LogP) is 1.87. The van der Waals surface area contributed by atoms with Crippen LogP contribution in [-0.2, 0) is 17.6 Å². The Morgan fingerprint density at radius 2 is 2.21 bits per heavy atom. The van der Waals surface area contributed by atoms with Gasteiger partial charge in [-0.1, -0.05) is 6.92 Å². The number of aromatic nitrogens is 1. The summed E-state index contributed by atoms with van der Waals surface area (Å²) in [7, 11) is 1.75. The van der Waals surface area contributed by atoms with Crippen molar-refractivity contribution in [2.45, 2.75) is 38.2 Å². The van der Waals surface area contributed by atoms with Gasteiger partial charge in [0.05, 0.1) is 17.2 Å². The molecule has 2 aliphatic heterocycles. The number of likely N-dealkylation sites (tertiary alicyclic amines) is 1. The molecule has 132 valence electrons. The molecular formula is C16H24N4O3S. The summed E-state index contributed by atoms with van der Waals surface area (Å²) in [5.74, 6) is 0. The second-order valence-corrected chi connectivity index (χ2v) is 7.40. The quantitative estimate of drug-likeness (QED) is 0.898. The minimum Gasteiger partial charge on any atom is -0.441 e. The van der Waals surface area contributed by atoms with Crippen molar-refractivity contribution in [1.29, 1.82) is 0 Å². The van der Waals surface area contributed by atoms with Crippen LogP contribution in [0.5, 0.6) is 0 Å². The lowest BCUT2D eigenvalue weighted by Gasteiger charge is -2.37. The van der Waals surface area contributed by atoms with E-state index in [0.29, 0.717) is 39.0 Å². The minimum atomic E-state index is -0.403. The zero-order valence-corrected chi connectivity index (χ0v) is 15.0. The number of nitrogens with zero attached hydrogens (tertiary/aromatic N) is 3. The van der Waals surface area contributed by atoms with Crippen molar-refractivity contribution in [3.63, 3.8) is 0 Å². The summed E-state index contributed by atoms with van der Waals surface area (Å²) >= 11 is 1.67. The van der Waals surface area contributed by atoms with Gasteiger partial charge in [-0.2, -0.15) is 0 Å². The van der Waals surface area contributed by atoms with Crippen molar-refractivity contribution < 1.29 is 14.3 Å². The number of rotatable bonds is 4. The number of nitrogens with one attached hydrogen (secondary N) is 1. The number of likely N-dealkylation sites (N-methyl/N-ethyl adjacent to an activating group) is 1. The highest BCUT2D eigenvalue weighted by Gasteiger charge is 2.46. The molecule has 24 heavy (non-hydrogen) atoms. The van der Waals surface area contributed by atoms with Gasteiger partial charge in [-0.05, 0) is 6.42 Å². The molecule has 0 saturated carbocycles. The zero-order chi connectivity index (χ0) is 17.2. The highest BCUT2D eigenvalue weighted by Crippen LogP contribution is 2.32. The van der Waals surface area contributed by atoms with Crippen molar-refractivity contribution in [1.82, 2.24) is 20.1 Å². The molecule has 8 heteroatoms. The van der Waals surface area contributed by atoms with Gasteiger partial charge >= 0.3 is 12.1 Å². The van der Waals surface area contributed by atoms with Gasteiger partial charge in [0.15, 0.2) is 0 Å². The molecule has 0 radical (unpaired) electrons. The Morgan fingerprint density at radius 3 is 2.79 bits per heavy atom. The first kappa shape index (κ1) is 17.0. The summed E-state index contributed by atoms with van der Waals surface area (Å²) in [6.45, 7) is 4.52. The van der Waals surface area contributed by atoms with E-state index in [0.717, 1.165) is 23.5 Å². The van der Waals surface area contributed by atoms with Crippen LogP contribution in [0.1, 0.15) is 30.5 Å². The molecule has 3 heterocycles. The number of carbonyl (C=O) groups is 2. The van der Waals surface area contributed by atoms with E-state index >= 15 is 0 Å². The third-order valence-corrected chi connectivity index (χ3v) is 5.70. The summed E-state index contributed by atoms with van der Waals surface area (Å²) in [5.41, 5.74) is 0.635. The number of hydrogen-bond acceptors (Lipinski definition) is 5. The van der Waals surface area contributed by atoms with Crippen molar-refractivity contribution in [3.8, 4) is 0 Å². The fourth-order valence-electron chi connectivity index (χ4n) is 3.21. The maximum Gasteiger partial charge on any atom is 0.410 e. The average molecular weight is 352 g/mol. The third-order valence-electron chi connectivity index (χ3n) is 4.66. The molecule has 1 spiro atoms. The normalized spacial score (nSPS) is 19.7. The summed E-state index contributed by atoms with van der Waals surface area (Å²) in [5, 5.41) is 6.15.